The first-order valence-electron chi connectivity index (χ1n) is 25.7. The van der Waals surface area contributed by atoms with E-state index < -0.39 is 55.7 Å². The van der Waals surface area contributed by atoms with Crippen LogP contribution in [0.1, 0.15) is 117 Å². The van der Waals surface area contributed by atoms with Crippen molar-refractivity contribution in [2.45, 2.75) is 147 Å². The molecule has 0 saturated carbocycles. The highest BCUT2D eigenvalue weighted by molar-refractivity contribution is 7.80. The number of thiol groups is 1. The molecule has 4 atom stereocenters. The molecule has 25 heteroatoms. The molecule has 0 aliphatic rings. The van der Waals surface area contributed by atoms with Gasteiger partial charge in [0.15, 0.2) is 5.73 Å². The van der Waals surface area contributed by atoms with Gasteiger partial charge in [-0.1, -0.05) is 109 Å². The van der Waals surface area contributed by atoms with E-state index in [4.69, 9.17) is 71.1 Å². The molecule has 0 aliphatic heterocycles. The number of rotatable bonds is 39. The number of unbranched alkanes of at least 4 members (excludes halogenated alkanes) is 5. The number of carbonyl (C=O) groups is 1. The normalized spacial score (nSPS) is 13.5. The van der Waals surface area contributed by atoms with Crippen LogP contribution in [0.4, 0.5) is 0 Å². The Morgan fingerprint density at radius 2 is 0.947 bits per heavy atom. The zero-order valence-corrected chi connectivity index (χ0v) is 56.4. The van der Waals surface area contributed by atoms with Gasteiger partial charge in [0.25, 0.3) is 0 Å². The molecule has 1 aromatic carbocycles. The molecule has 4 unspecified atom stereocenters. The Kier molecular flexibility index (Phi) is 52.3. The first kappa shape index (κ1) is 80.4. The van der Waals surface area contributed by atoms with Crippen molar-refractivity contribution in [1.82, 2.24) is 10.6 Å². The van der Waals surface area contributed by atoms with Crippen LogP contribution in [-0.2, 0) is 75.9 Å². The van der Waals surface area contributed by atoms with Crippen LogP contribution in [-0.4, -0.2) is 180 Å². The van der Waals surface area contributed by atoms with Crippen molar-refractivity contribution in [2.24, 2.45) is 0 Å². The van der Waals surface area contributed by atoms with Crippen LogP contribution in [0.2, 0.25) is 18.1 Å². The third-order valence-electron chi connectivity index (χ3n) is 12.0. The number of nitrogens with one attached hydrogen (secondary N) is 2. The van der Waals surface area contributed by atoms with Crippen LogP contribution >= 0.6 is 12.6 Å². The molecule has 19 nitrogen and oxygen atoms in total. The molecule has 2 N–H and O–H groups in total. The topological polar surface area (TPSA) is 189 Å². The lowest BCUT2D eigenvalue weighted by Crippen LogP contribution is -2.63. The summed E-state index contributed by atoms with van der Waals surface area (Å²) in [4.78, 5) is 11.4. The van der Waals surface area contributed by atoms with Crippen molar-refractivity contribution in [3.63, 3.8) is 0 Å². The highest BCUT2D eigenvalue weighted by Crippen LogP contribution is 2.22. The average molecular weight is 1180 g/mol. The van der Waals surface area contributed by atoms with Crippen molar-refractivity contribution < 1.29 is 75.9 Å². The summed E-state index contributed by atoms with van der Waals surface area (Å²) >= 11 is 4.10. The van der Waals surface area contributed by atoms with Gasteiger partial charge in [0, 0.05) is 130 Å². The van der Waals surface area contributed by atoms with E-state index in [-0.39, 0.29) is 17.9 Å². The summed E-state index contributed by atoms with van der Waals surface area (Å²) in [6.07, 6.45) is 13.0. The van der Waals surface area contributed by atoms with Crippen molar-refractivity contribution in [3.05, 3.63) is 60.7 Å². The molecule has 75 heavy (non-hydrogen) atoms. The summed E-state index contributed by atoms with van der Waals surface area (Å²) < 4.78 is 85.0. The summed E-state index contributed by atoms with van der Waals surface area (Å²) in [5, 5.41) is 7.04. The Labute approximate surface area is 467 Å². The van der Waals surface area contributed by atoms with Crippen LogP contribution in [0.25, 0.3) is 0 Å². The first-order valence-corrected chi connectivity index (χ1v) is 35.7. The number of hydrogen-bond donors (Lipinski definition) is 3. The van der Waals surface area contributed by atoms with Crippen LogP contribution in [0, 0.1) is 0 Å². The minimum atomic E-state index is -2.94. The van der Waals surface area contributed by atoms with Gasteiger partial charge in [-0.25, -0.2) is 4.79 Å². The molecule has 0 heterocycles. The Morgan fingerprint density at radius 3 is 1.27 bits per heavy atom. The maximum atomic E-state index is 11.4. The van der Waals surface area contributed by atoms with E-state index in [0.717, 1.165) is 49.6 Å². The predicted molar refractivity (Wildman–Crippen MR) is 315 cm³/mol. The van der Waals surface area contributed by atoms with Crippen LogP contribution in [0.15, 0.2) is 55.1 Å². The lowest BCUT2D eigenvalue weighted by Gasteiger charge is -2.35. The van der Waals surface area contributed by atoms with Gasteiger partial charge in [0.2, 0.25) is 0 Å². The SMILES string of the molecule is C=C(C)C(=O)OC(CC)[Si](OC)(OC)OC.C=CC(NC(C)NC(CC)[Si](OC)(OC)OC)c1ccccc1.CCCCCCCC[Si](OC)(OC)OC.CCC[Si](OC)(OC)OC.CO[Si](CCCS)(OC)OC. The fraction of sp³-hybridized carbons (Fsp3) is 0.780. The van der Waals surface area contributed by atoms with Gasteiger partial charge in [-0.05, 0) is 50.8 Å². The molecule has 1 rings (SSSR count). The Morgan fingerprint density at radius 1 is 0.547 bits per heavy atom. The van der Waals surface area contributed by atoms with E-state index in [1.165, 1.54) is 59.0 Å². The highest BCUT2D eigenvalue weighted by atomic mass is 32.1. The summed E-state index contributed by atoms with van der Waals surface area (Å²) in [5.74, 6) is 0.375. The van der Waals surface area contributed by atoms with Gasteiger partial charge < -0.3 is 71.1 Å². The zero-order chi connectivity index (χ0) is 58.4. The number of hydrogen-bond acceptors (Lipinski definition) is 20. The maximum Gasteiger partial charge on any atom is 0.543 e. The quantitative estimate of drug-likeness (QED) is 0.0107. The van der Waals surface area contributed by atoms with E-state index in [1.54, 1.807) is 92.2 Å². The minimum absolute atomic E-state index is 0.00578. The van der Waals surface area contributed by atoms with Gasteiger partial charge in [-0.3, -0.25) is 10.6 Å². The fourth-order valence-electron chi connectivity index (χ4n) is 7.40. The van der Waals surface area contributed by atoms with Gasteiger partial charge >= 0.3 is 50.0 Å². The largest absolute Gasteiger partial charge is 0.543 e. The third kappa shape index (κ3) is 31.5. The van der Waals surface area contributed by atoms with E-state index in [2.05, 4.69) is 76.2 Å². The second-order valence-electron chi connectivity index (χ2n) is 16.6. The second kappa shape index (κ2) is 48.8. The standard InChI is InChI=1S/C17H30N2O3Si.C11H26O3Si.C10H20O5Si.C6H16O3SSi.C6H16O3Si/c1-7-16(15-12-10-9-11-13-15)18-14(3)19-17(8-2)23(20-4,21-5)22-6;1-5-6-7-8-9-10-11-15(12-2,13-3)14-4;1-7-9(15-10(11)8(2)3)16(12-4,13-5)14-6;1-7-11(8-2,9-3)6-4-5-10;1-5-6-10(7-2,8-3)9-4/h7,9-14,16-19H,1,8H2,2-6H3;5-11H2,1-4H3;9H,2,7H2,1,3-6H3;10H,4-6H2,1-3H3;5-6H2,1-4H3. The average Bonchev–Trinajstić information content (AvgIpc) is 3.45. The molecule has 0 aromatic heterocycles. The van der Waals surface area contributed by atoms with E-state index in [1.807, 2.05) is 31.2 Å². The minimum Gasteiger partial charge on any atom is -0.454 e. The van der Waals surface area contributed by atoms with Gasteiger partial charge in [0.1, 0.15) is 0 Å². The van der Waals surface area contributed by atoms with E-state index in [9.17, 15) is 4.79 Å². The molecule has 0 radical (unpaired) electrons. The van der Waals surface area contributed by atoms with Gasteiger partial charge in [0.05, 0.1) is 17.9 Å². The second-order valence-corrected chi connectivity index (χ2v) is 32.6. The smallest absolute Gasteiger partial charge is 0.454 e. The van der Waals surface area contributed by atoms with Crippen molar-refractivity contribution >= 4 is 62.6 Å². The Bertz CT molecular complexity index is 1450. The van der Waals surface area contributed by atoms with Gasteiger partial charge in [-0.2, -0.15) is 12.6 Å². The Balaban J connectivity index is -0.000000435. The fourth-order valence-corrected chi connectivity index (χ4v) is 17.4. The molecule has 0 spiro atoms. The summed E-state index contributed by atoms with van der Waals surface area (Å²) in [5.41, 5.74) is 1.01. The van der Waals surface area contributed by atoms with Crippen LogP contribution in [0.3, 0.4) is 0 Å². The molecule has 0 saturated heterocycles. The number of esters is 1. The van der Waals surface area contributed by atoms with E-state index in [0.29, 0.717) is 12.0 Å². The molecular weight excluding hydrogens is 1070 g/mol. The third-order valence-corrected chi connectivity index (χ3v) is 27.1. The van der Waals surface area contributed by atoms with E-state index >= 15 is 0 Å². The first-order chi connectivity index (χ1) is 35.8. The predicted octanol–water partition coefficient (Wildman–Crippen LogP) is 9.62. The molecular formula is C50H108N2O17SSi5. The number of carbonyl (C=O) groups excluding carboxylic acids is 1. The molecule has 1 aromatic rings. The van der Waals surface area contributed by atoms with Crippen molar-refractivity contribution in [3.8, 4) is 0 Å². The zero-order valence-electron chi connectivity index (χ0n) is 50.5. The highest BCUT2D eigenvalue weighted by Gasteiger charge is 2.50. The summed E-state index contributed by atoms with van der Waals surface area (Å²) in [6, 6.07) is 13.0. The monoisotopic (exact) mass is 1180 g/mol. The lowest BCUT2D eigenvalue weighted by molar-refractivity contribution is -0.144. The molecule has 0 aliphatic carbocycles. The van der Waals surface area contributed by atoms with Crippen molar-refractivity contribution in [1.29, 1.82) is 0 Å². The van der Waals surface area contributed by atoms with Crippen LogP contribution in [0.5, 0.6) is 0 Å². The molecule has 446 valence electrons. The molecule has 0 fully saturated rings. The van der Waals surface area contributed by atoms with Crippen LogP contribution < -0.4 is 10.6 Å². The molecule has 0 bridgehead atoms. The maximum absolute atomic E-state index is 11.4. The summed E-state index contributed by atoms with van der Waals surface area (Å²) in [6.45, 7) is 19.4. The van der Waals surface area contributed by atoms with Gasteiger partial charge in [-0.15, -0.1) is 6.58 Å². The number of benzene rings is 1. The number of ether oxygens (including phenoxy) is 1. The summed E-state index contributed by atoms with van der Waals surface area (Å²) in [7, 11) is 11.7. The molecule has 0 amide bonds. The lowest BCUT2D eigenvalue weighted by atomic mass is 10.1. The Hall–Kier alpha value is -1.08. The van der Waals surface area contributed by atoms with Crippen molar-refractivity contribution in [2.75, 3.05) is 112 Å².